The number of hydrogen-bond acceptors (Lipinski definition) is 3. The summed E-state index contributed by atoms with van der Waals surface area (Å²) < 4.78 is 33.6. The number of fused-ring (bicyclic) bond motifs is 1. The molecule has 1 atom stereocenters. The molecule has 34 heavy (non-hydrogen) atoms. The molecule has 1 amide bonds. The van der Waals surface area contributed by atoms with Crippen molar-refractivity contribution in [3.8, 4) is 11.1 Å². The molecule has 4 nitrogen and oxygen atoms in total. The van der Waals surface area contributed by atoms with Gasteiger partial charge < -0.3 is 9.32 Å². The summed E-state index contributed by atoms with van der Waals surface area (Å²) in [7, 11) is 0. The second-order valence-corrected chi connectivity index (χ2v) is 9.84. The highest BCUT2D eigenvalue weighted by molar-refractivity contribution is 5.94. The van der Waals surface area contributed by atoms with Crippen molar-refractivity contribution >= 4 is 17.0 Å². The van der Waals surface area contributed by atoms with E-state index in [2.05, 4.69) is 25.8 Å². The molecule has 0 aliphatic carbocycles. The van der Waals surface area contributed by atoms with E-state index in [-0.39, 0.29) is 17.4 Å². The zero-order valence-corrected chi connectivity index (χ0v) is 19.4. The van der Waals surface area contributed by atoms with Crippen LogP contribution in [0, 0.1) is 11.6 Å². The first kappa shape index (κ1) is 22.3. The summed E-state index contributed by atoms with van der Waals surface area (Å²) >= 11 is 0. The van der Waals surface area contributed by atoms with Crippen LogP contribution in [0.1, 0.15) is 61.5 Å². The van der Waals surface area contributed by atoms with Crippen molar-refractivity contribution in [1.82, 2.24) is 9.88 Å². The molecule has 2 heterocycles. The van der Waals surface area contributed by atoms with Crippen LogP contribution in [-0.4, -0.2) is 22.3 Å². The molecule has 6 heteroatoms. The van der Waals surface area contributed by atoms with Crippen molar-refractivity contribution in [2.45, 2.75) is 45.1 Å². The minimum Gasteiger partial charge on any atom is -0.438 e. The molecular formula is C28H26F2N2O2. The summed E-state index contributed by atoms with van der Waals surface area (Å²) in [4.78, 5) is 19.8. The maximum absolute atomic E-state index is 14.3. The first-order valence-electron chi connectivity index (χ1n) is 11.5. The molecule has 1 saturated heterocycles. The number of likely N-dealkylation sites (tertiary alicyclic amines) is 1. The Morgan fingerprint density at radius 2 is 1.79 bits per heavy atom. The van der Waals surface area contributed by atoms with Crippen LogP contribution in [0.15, 0.2) is 65.1 Å². The minimum absolute atomic E-state index is 0.0195. The van der Waals surface area contributed by atoms with E-state index in [0.29, 0.717) is 40.2 Å². The van der Waals surface area contributed by atoms with E-state index in [9.17, 15) is 13.6 Å². The Morgan fingerprint density at radius 3 is 2.50 bits per heavy atom. The Balaban J connectivity index is 1.43. The van der Waals surface area contributed by atoms with Crippen molar-refractivity contribution in [2.75, 3.05) is 6.54 Å². The molecule has 1 fully saturated rings. The highest BCUT2D eigenvalue weighted by Gasteiger charge is 2.34. The lowest BCUT2D eigenvalue weighted by Crippen LogP contribution is -2.30. The van der Waals surface area contributed by atoms with Crippen molar-refractivity contribution in [1.29, 1.82) is 0 Å². The quantitative estimate of drug-likeness (QED) is 0.329. The fourth-order valence-corrected chi connectivity index (χ4v) is 4.52. The first-order chi connectivity index (χ1) is 16.2. The molecule has 0 N–H and O–H groups in total. The van der Waals surface area contributed by atoms with Gasteiger partial charge in [-0.25, -0.2) is 13.8 Å². The van der Waals surface area contributed by atoms with E-state index in [1.807, 2.05) is 29.2 Å². The van der Waals surface area contributed by atoms with E-state index in [4.69, 9.17) is 4.42 Å². The van der Waals surface area contributed by atoms with Crippen LogP contribution in [0.25, 0.3) is 22.2 Å². The van der Waals surface area contributed by atoms with Gasteiger partial charge >= 0.3 is 0 Å². The first-order valence-corrected chi connectivity index (χ1v) is 11.5. The third-order valence-electron chi connectivity index (χ3n) is 6.44. The second-order valence-electron chi connectivity index (χ2n) is 9.84. The molecule has 0 spiro atoms. The summed E-state index contributed by atoms with van der Waals surface area (Å²) in [6.07, 6.45) is 1.62. The van der Waals surface area contributed by atoms with Crippen LogP contribution in [-0.2, 0) is 5.41 Å². The van der Waals surface area contributed by atoms with Gasteiger partial charge in [0, 0.05) is 23.7 Å². The fraction of sp³-hybridized carbons (Fsp3) is 0.286. The van der Waals surface area contributed by atoms with Gasteiger partial charge in [0.15, 0.2) is 5.58 Å². The maximum atomic E-state index is 14.3. The predicted molar refractivity (Wildman–Crippen MR) is 128 cm³/mol. The van der Waals surface area contributed by atoms with Gasteiger partial charge in [0.25, 0.3) is 5.91 Å². The summed E-state index contributed by atoms with van der Waals surface area (Å²) in [6.45, 7) is 7.06. The monoisotopic (exact) mass is 460 g/mol. The molecule has 4 aromatic rings. The zero-order chi connectivity index (χ0) is 24.0. The number of carbonyl (C=O) groups is 1. The lowest BCUT2D eigenvalue weighted by molar-refractivity contribution is 0.0717. The SMILES string of the molecule is CC(C)(C)c1ccc(C(=O)N2CCC[C@@H]2c2nc3cc(-c4ccc(F)cc4F)ccc3o2)cc1. The Hall–Kier alpha value is -3.54. The molecule has 0 bridgehead atoms. The van der Waals surface area contributed by atoms with Crippen molar-refractivity contribution in [3.05, 3.63) is 89.3 Å². The summed E-state index contributed by atoms with van der Waals surface area (Å²) in [5.74, 6) is -0.818. The summed E-state index contributed by atoms with van der Waals surface area (Å²) in [5.41, 5.74) is 3.86. The number of aromatic nitrogens is 1. The number of oxazole rings is 1. The van der Waals surface area contributed by atoms with E-state index in [1.54, 1.807) is 18.2 Å². The van der Waals surface area contributed by atoms with Crippen molar-refractivity contribution in [3.63, 3.8) is 0 Å². The normalized spacial score (nSPS) is 16.4. The number of carbonyl (C=O) groups excluding carboxylic acids is 1. The third-order valence-corrected chi connectivity index (χ3v) is 6.44. The van der Waals surface area contributed by atoms with Crippen LogP contribution >= 0.6 is 0 Å². The van der Waals surface area contributed by atoms with Gasteiger partial charge in [-0.3, -0.25) is 4.79 Å². The van der Waals surface area contributed by atoms with E-state index in [1.165, 1.54) is 17.7 Å². The van der Waals surface area contributed by atoms with E-state index < -0.39 is 11.6 Å². The summed E-state index contributed by atoms with van der Waals surface area (Å²) in [6, 6.07) is 16.2. The fourth-order valence-electron chi connectivity index (χ4n) is 4.52. The lowest BCUT2D eigenvalue weighted by atomic mass is 9.86. The zero-order valence-electron chi connectivity index (χ0n) is 19.4. The van der Waals surface area contributed by atoms with Crippen molar-refractivity contribution in [2.24, 2.45) is 0 Å². The number of halogens is 2. The van der Waals surface area contributed by atoms with Gasteiger partial charge in [-0.15, -0.1) is 0 Å². The summed E-state index contributed by atoms with van der Waals surface area (Å²) in [5, 5.41) is 0. The molecule has 0 unspecified atom stereocenters. The van der Waals surface area contributed by atoms with Gasteiger partial charge in [0.2, 0.25) is 5.89 Å². The highest BCUT2D eigenvalue weighted by Crippen LogP contribution is 2.36. The number of nitrogens with zero attached hydrogens (tertiary/aromatic N) is 2. The van der Waals surface area contributed by atoms with E-state index in [0.717, 1.165) is 18.9 Å². The van der Waals surface area contributed by atoms with Crippen LogP contribution in [0.2, 0.25) is 0 Å². The molecular weight excluding hydrogens is 434 g/mol. The third kappa shape index (κ3) is 4.09. The molecule has 1 aliphatic rings. The smallest absolute Gasteiger partial charge is 0.254 e. The predicted octanol–water partition coefficient (Wildman–Crippen LogP) is 7.05. The number of benzene rings is 3. The van der Waals surface area contributed by atoms with Gasteiger partial charge in [-0.05, 0) is 65.8 Å². The molecule has 5 rings (SSSR count). The number of amides is 1. The van der Waals surface area contributed by atoms with Crippen LogP contribution in [0.3, 0.4) is 0 Å². The van der Waals surface area contributed by atoms with Gasteiger partial charge in [0.1, 0.15) is 23.2 Å². The maximum Gasteiger partial charge on any atom is 0.254 e. The standard InChI is InChI=1S/C28H26F2N2O2/c1-28(2,3)19-9-6-17(7-10-19)27(33)32-14-4-5-24(32)26-31-23-15-18(8-13-25(23)34-26)21-12-11-20(29)16-22(21)30/h6-13,15-16,24H,4-5,14H2,1-3H3/t24-/m1/s1. The Labute approximate surface area is 197 Å². The Morgan fingerprint density at radius 1 is 1.03 bits per heavy atom. The Kier molecular flexibility index (Phi) is 5.47. The van der Waals surface area contributed by atoms with Crippen LogP contribution in [0.4, 0.5) is 8.78 Å². The lowest BCUT2D eigenvalue weighted by Gasteiger charge is -2.23. The van der Waals surface area contributed by atoms with Gasteiger partial charge in [-0.1, -0.05) is 39.0 Å². The molecule has 174 valence electrons. The topological polar surface area (TPSA) is 46.3 Å². The largest absolute Gasteiger partial charge is 0.438 e. The van der Waals surface area contributed by atoms with Crippen LogP contribution < -0.4 is 0 Å². The average Bonchev–Trinajstić information content (AvgIpc) is 3.44. The number of rotatable bonds is 3. The molecule has 0 saturated carbocycles. The molecule has 0 radical (unpaired) electrons. The molecule has 1 aromatic heterocycles. The minimum atomic E-state index is -0.631. The Bertz CT molecular complexity index is 1370. The molecule has 3 aromatic carbocycles. The second kappa shape index (κ2) is 8.35. The van der Waals surface area contributed by atoms with Crippen molar-refractivity contribution < 1.29 is 18.0 Å². The van der Waals surface area contributed by atoms with Gasteiger partial charge in [0.05, 0.1) is 0 Å². The van der Waals surface area contributed by atoms with Crippen LogP contribution in [0.5, 0.6) is 0 Å². The van der Waals surface area contributed by atoms with Gasteiger partial charge in [-0.2, -0.15) is 0 Å². The molecule has 1 aliphatic heterocycles. The van der Waals surface area contributed by atoms with E-state index >= 15 is 0 Å². The average molecular weight is 461 g/mol. The highest BCUT2D eigenvalue weighted by atomic mass is 19.1. The number of hydrogen-bond donors (Lipinski definition) is 0.